The molecule has 0 radical (unpaired) electrons. The zero-order valence-electron chi connectivity index (χ0n) is 17.6. The second-order valence-electron chi connectivity index (χ2n) is 9.17. The number of ketones is 1. The zero-order chi connectivity index (χ0) is 20.8. The van der Waals surface area contributed by atoms with Gasteiger partial charge in [0.05, 0.1) is 7.11 Å². The third-order valence-corrected chi connectivity index (χ3v) is 6.08. The van der Waals surface area contributed by atoms with Crippen molar-refractivity contribution in [3.8, 4) is 5.75 Å². The Morgan fingerprint density at radius 1 is 0.966 bits per heavy atom. The normalized spacial score (nSPS) is 23.9. The van der Waals surface area contributed by atoms with Crippen molar-refractivity contribution in [3.05, 3.63) is 42.0 Å². The third-order valence-electron chi connectivity index (χ3n) is 6.08. The topological polar surface area (TPSA) is 55.8 Å². The summed E-state index contributed by atoms with van der Waals surface area (Å²) < 4.78 is 11.1. The lowest BCUT2D eigenvalue weighted by atomic mass is 9.83. The van der Waals surface area contributed by atoms with E-state index in [2.05, 4.69) is 0 Å². The molecule has 2 aliphatic rings. The molecule has 2 saturated heterocycles. The van der Waals surface area contributed by atoms with Crippen molar-refractivity contribution in [2.75, 3.05) is 7.11 Å². The van der Waals surface area contributed by atoms with Gasteiger partial charge in [0, 0.05) is 29.0 Å². The summed E-state index contributed by atoms with van der Waals surface area (Å²) >= 11 is 0. The highest BCUT2D eigenvalue weighted by molar-refractivity contribution is 6.10. The molecule has 2 aromatic rings. The first-order chi connectivity index (χ1) is 13.8. The maximum atomic E-state index is 13.5. The molecule has 0 aliphatic carbocycles. The summed E-state index contributed by atoms with van der Waals surface area (Å²) in [6.45, 7) is 5.66. The van der Waals surface area contributed by atoms with Crippen LogP contribution in [0.5, 0.6) is 5.75 Å². The highest BCUT2D eigenvalue weighted by atomic mass is 16.6. The van der Waals surface area contributed by atoms with Crippen molar-refractivity contribution in [1.29, 1.82) is 0 Å². The molecule has 2 aromatic carbocycles. The number of fused-ring (bicyclic) bond motifs is 3. The quantitative estimate of drug-likeness (QED) is 0.670. The molecule has 4 rings (SSSR count). The molecule has 154 valence electrons. The van der Waals surface area contributed by atoms with E-state index in [0.717, 1.165) is 34.9 Å². The van der Waals surface area contributed by atoms with Crippen molar-refractivity contribution >= 4 is 22.6 Å². The van der Waals surface area contributed by atoms with Crippen molar-refractivity contribution in [3.63, 3.8) is 0 Å². The number of amides is 1. The summed E-state index contributed by atoms with van der Waals surface area (Å²) in [6, 6.07) is 11.8. The van der Waals surface area contributed by atoms with Crippen LogP contribution < -0.4 is 4.74 Å². The van der Waals surface area contributed by atoms with E-state index in [9.17, 15) is 9.59 Å². The van der Waals surface area contributed by atoms with Gasteiger partial charge in [-0.05, 0) is 64.0 Å². The fourth-order valence-electron chi connectivity index (χ4n) is 4.89. The fraction of sp³-hybridized carbons (Fsp3) is 0.500. The largest absolute Gasteiger partial charge is 0.496 e. The number of hydrogen-bond donors (Lipinski definition) is 0. The predicted octanol–water partition coefficient (Wildman–Crippen LogP) is 5.21. The molecule has 2 bridgehead atoms. The van der Waals surface area contributed by atoms with Crippen molar-refractivity contribution in [2.45, 2.75) is 64.1 Å². The van der Waals surface area contributed by atoms with E-state index in [4.69, 9.17) is 9.47 Å². The molecule has 1 amide bonds. The smallest absolute Gasteiger partial charge is 0.410 e. The van der Waals surface area contributed by atoms with Crippen molar-refractivity contribution in [1.82, 2.24) is 4.90 Å². The number of methoxy groups -OCH3 is 1. The Kier molecular flexibility index (Phi) is 5.01. The highest BCUT2D eigenvalue weighted by Gasteiger charge is 2.46. The number of nitrogens with zero attached hydrogens (tertiary/aromatic N) is 1. The molecule has 2 aliphatic heterocycles. The molecule has 2 heterocycles. The van der Waals surface area contributed by atoms with Gasteiger partial charge in [-0.15, -0.1) is 0 Å². The molecule has 0 saturated carbocycles. The average Bonchev–Trinajstić information content (AvgIpc) is 2.95. The summed E-state index contributed by atoms with van der Waals surface area (Å²) in [5, 5.41) is 1.88. The lowest BCUT2D eigenvalue weighted by molar-refractivity contribution is 0.00255. The van der Waals surface area contributed by atoms with E-state index >= 15 is 0 Å². The third kappa shape index (κ3) is 3.70. The number of benzene rings is 2. The summed E-state index contributed by atoms with van der Waals surface area (Å²) in [5.74, 6) is 0.879. The van der Waals surface area contributed by atoms with Gasteiger partial charge in [0.2, 0.25) is 0 Å². The first-order valence-electron chi connectivity index (χ1n) is 10.4. The average molecular weight is 395 g/mol. The summed E-state index contributed by atoms with van der Waals surface area (Å²) in [6.07, 6.45) is 3.05. The molecule has 5 nitrogen and oxygen atoms in total. The van der Waals surface area contributed by atoms with Gasteiger partial charge in [-0.1, -0.05) is 24.3 Å². The second-order valence-corrected chi connectivity index (χ2v) is 9.17. The molecule has 29 heavy (non-hydrogen) atoms. The number of ether oxygens (including phenoxy) is 2. The number of piperidine rings is 1. The predicted molar refractivity (Wildman–Crippen MR) is 112 cm³/mol. The Morgan fingerprint density at radius 3 is 2.17 bits per heavy atom. The first-order valence-corrected chi connectivity index (χ1v) is 10.4. The minimum Gasteiger partial charge on any atom is -0.496 e. The van der Waals surface area contributed by atoms with E-state index < -0.39 is 5.60 Å². The first kappa shape index (κ1) is 19.7. The zero-order valence-corrected chi connectivity index (χ0v) is 17.6. The van der Waals surface area contributed by atoms with Crippen LogP contribution in [0.3, 0.4) is 0 Å². The van der Waals surface area contributed by atoms with Crippen LogP contribution in [0.25, 0.3) is 10.8 Å². The van der Waals surface area contributed by atoms with Crippen molar-refractivity contribution < 1.29 is 19.1 Å². The van der Waals surface area contributed by atoms with E-state index in [0.29, 0.717) is 12.8 Å². The van der Waals surface area contributed by atoms with Gasteiger partial charge >= 0.3 is 6.09 Å². The van der Waals surface area contributed by atoms with Crippen LogP contribution in [0, 0.1) is 5.92 Å². The SMILES string of the molecule is COc1ccc(C(=O)C2CC3CCC(C2)N3C(=O)OC(C)(C)C)c2ccccc12. The Labute approximate surface area is 172 Å². The van der Waals surface area contributed by atoms with E-state index in [1.807, 2.05) is 62.1 Å². The van der Waals surface area contributed by atoms with Crippen LogP contribution in [0.4, 0.5) is 4.79 Å². The molecular formula is C24H29NO4. The molecular weight excluding hydrogens is 366 g/mol. The number of carbonyl (C=O) groups is 2. The molecule has 2 atom stereocenters. The van der Waals surface area contributed by atoms with Crippen molar-refractivity contribution in [2.24, 2.45) is 5.92 Å². The van der Waals surface area contributed by atoms with Crippen LogP contribution in [-0.2, 0) is 4.74 Å². The second kappa shape index (κ2) is 7.36. The minimum absolute atomic E-state index is 0.0667. The maximum Gasteiger partial charge on any atom is 0.410 e. The van der Waals surface area contributed by atoms with Crippen LogP contribution in [-0.4, -0.2) is 41.6 Å². The van der Waals surface area contributed by atoms with Gasteiger partial charge in [0.15, 0.2) is 5.78 Å². The van der Waals surface area contributed by atoms with Gasteiger partial charge in [0.25, 0.3) is 0 Å². The van der Waals surface area contributed by atoms with E-state index in [1.54, 1.807) is 7.11 Å². The Hall–Kier alpha value is -2.56. The molecule has 0 aromatic heterocycles. The molecule has 5 heteroatoms. The van der Waals surface area contributed by atoms with E-state index in [1.165, 1.54) is 0 Å². The van der Waals surface area contributed by atoms with Crippen LogP contribution in [0.2, 0.25) is 0 Å². The van der Waals surface area contributed by atoms with Gasteiger partial charge in [0.1, 0.15) is 11.4 Å². The lowest BCUT2D eigenvalue weighted by Crippen LogP contribution is -2.49. The maximum absolute atomic E-state index is 13.5. The number of Topliss-reactive ketones (excluding diaryl/α,β-unsaturated/α-hetero) is 1. The molecule has 0 spiro atoms. The van der Waals surface area contributed by atoms with Gasteiger partial charge in [-0.3, -0.25) is 4.79 Å². The molecule has 2 unspecified atom stereocenters. The van der Waals surface area contributed by atoms with Gasteiger partial charge < -0.3 is 14.4 Å². The van der Waals surface area contributed by atoms with Crippen LogP contribution in [0.15, 0.2) is 36.4 Å². The van der Waals surface area contributed by atoms with Crippen LogP contribution >= 0.6 is 0 Å². The van der Waals surface area contributed by atoms with Crippen LogP contribution in [0.1, 0.15) is 56.8 Å². The molecule has 2 fully saturated rings. The standard InChI is InChI=1S/C24H29NO4/c1-24(2,3)29-23(27)25-16-9-10-17(25)14-15(13-16)22(26)20-11-12-21(28-4)19-8-6-5-7-18(19)20/h5-8,11-12,15-17H,9-10,13-14H2,1-4H3. The Morgan fingerprint density at radius 2 is 1.59 bits per heavy atom. The minimum atomic E-state index is -0.509. The Bertz CT molecular complexity index is 932. The number of rotatable bonds is 3. The van der Waals surface area contributed by atoms with Gasteiger partial charge in [-0.2, -0.15) is 0 Å². The summed E-state index contributed by atoms with van der Waals surface area (Å²) in [5.41, 5.74) is 0.238. The molecule has 0 N–H and O–H groups in total. The fourth-order valence-corrected chi connectivity index (χ4v) is 4.89. The summed E-state index contributed by atoms with van der Waals surface area (Å²) in [4.78, 5) is 28.0. The van der Waals surface area contributed by atoms with E-state index in [-0.39, 0.29) is 29.9 Å². The number of hydrogen-bond acceptors (Lipinski definition) is 4. The Balaban J connectivity index is 1.57. The monoisotopic (exact) mass is 395 g/mol. The lowest BCUT2D eigenvalue weighted by Gasteiger charge is -2.39. The van der Waals surface area contributed by atoms with Gasteiger partial charge in [-0.25, -0.2) is 4.79 Å². The number of carbonyl (C=O) groups excluding carboxylic acids is 2. The highest BCUT2D eigenvalue weighted by Crippen LogP contribution is 2.41. The summed E-state index contributed by atoms with van der Waals surface area (Å²) in [7, 11) is 1.65.